The van der Waals surface area contributed by atoms with Crippen LogP contribution in [0.3, 0.4) is 0 Å². The van der Waals surface area contributed by atoms with E-state index in [1.165, 1.54) is 19.3 Å². The number of aromatic nitrogens is 1. The number of guanidine groups is 1. The van der Waals surface area contributed by atoms with Crippen LogP contribution in [0.25, 0.3) is 0 Å². The maximum atomic E-state index is 12.1. The largest absolute Gasteiger partial charge is 0.357 e. The fourth-order valence-corrected chi connectivity index (χ4v) is 3.00. The minimum Gasteiger partial charge on any atom is -0.357 e. The Hall–Kier alpha value is -1.09. The highest BCUT2D eigenvalue weighted by Gasteiger charge is 2.15. The van der Waals surface area contributed by atoms with E-state index in [1.807, 2.05) is 13.0 Å². The second-order valence-corrected chi connectivity index (χ2v) is 6.65. The minimum atomic E-state index is -0.00833. The van der Waals surface area contributed by atoms with Gasteiger partial charge in [-0.15, -0.1) is 24.0 Å². The summed E-state index contributed by atoms with van der Waals surface area (Å²) < 4.78 is 0. The molecule has 0 atom stereocenters. The number of rotatable bonds is 7. The van der Waals surface area contributed by atoms with Crippen molar-refractivity contribution in [2.75, 3.05) is 19.6 Å². The van der Waals surface area contributed by atoms with Crippen molar-refractivity contribution < 1.29 is 4.79 Å². The maximum Gasteiger partial charge on any atom is 0.242 e. The van der Waals surface area contributed by atoms with Gasteiger partial charge in [-0.25, -0.2) is 9.98 Å². The summed E-state index contributed by atoms with van der Waals surface area (Å²) in [4.78, 5) is 20.5. The quantitative estimate of drug-likeness (QED) is 0.236. The summed E-state index contributed by atoms with van der Waals surface area (Å²) >= 11 is 5.78. The average molecular weight is 494 g/mol. The molecule has 0 radical (unpaired) electrons. The highest BCUT2D eigenvalue weighted by molar-refractivity contribution is 14.0. The SMILES string of the molecule is CCNC(=NCC(=O)NC1CCCCC1)NCCc1ccc(Cl)nc1.I. The van der Waals surface area contributed by atoms with Crippen LogP contribution in [0.15, 0.2) is 23.3 Å². The molecule has 3 N–H and O–H groups in total. The molecule has 146 valence electrons. The third-order valence-corrected chi connectivity index (χ3v) is 4.41. The van der Waals surface area contributed by atoms with Gasteiger partial charge in [-0.2, -0.15) is 0 Å². The summed E-state index contributed by atoms with van der Waals surface area (Å²) in [5.74, 6) is 0.647. The first kappa shape index (κ1) is 23.0. The zero-order valence-electron chi connectivity index (χ0n) is 15.3. The van der Waals surface area contributed by atoms with E-state index in [-0.39, 0.29) is 36.4 Å². The van der Waals surface area contributed by atoms with Gasteiger partial charge in [0.15, 0.2) is 5.96 Å². The van der Waals surface area contributed by atoms with Gasteiger partial charge in [-0.3, -0.25) is 4.79 Å². The number of amides is 1. The van der Waals surface area contributed by atoms with Crippen molar-refractivity contribution in [3.63, 3.8) is 0 Å². The summed E-state index contributed by atoms with van der Waals surface area (Å²) in [6.45, 7) is 3.61. The van der Waals surface area contributed by atoms with Gasteiger partial charge in [0, 0.05) is 25.3 Å². The lowest BCUT2D eigenvalue weighted by Crippen LogP contribution is -2.41. The first-order chi connectivity index (χ1) is 12.2. The molecule has 26 heavy (non-hydrogen) atoms. The third kappa shape index (κ3) is 9.02. The molecule has 1 heterocycles. The molecule has 1 aromatic rings. The Labute approximate surface area is 178 Å². The smallest absolute Gasteiger partial charge is 0.242 e. The van der Waals surface area contributed by atoms with Crippen LogP contribution < -0.4 is 16.0 Å². The Morgan fingerprint density at radius 2 is 2.04 bits per heavy atom. The number of hydrogen-bond donors (Lipinski definition) is 3. The number of halogens is 2. The molecule has 0 saturated heterocycles. The number of hydrogen-bond acceptors (Lipinski definition) is 3. The van der Waals surface area contributed by atoms with E-state index in [0.717, 1.165) is 31.4 Å². The van der Waals surface area contributed by atoms with Crippen LogP contribution in [0.4, 0.5) is 0 Å². The van der Waals surface area contributed by atoms with Crippen molar-refractivity contribution in [2.24, 2.45) is 4.99 Å². The summed E-state index contributed by atoms with van der Waals surface area (Å²) in [5, 5.41) is 9.98. The lowest BCUT2D eigenvalue weighted by Gasteiger charge is -2.22. The highest BCUT2D eigenvalue weighted by Crippen LogP contribution is 2.17. The molecule has 0 bridgehead atoms. The van der Waals surface area contributed by atoms with Crippen molar-refractivity contribution in [1.82, 2.24) is 20.9 Å². The molecule has 0 aliphatic heterocycles. The third-order valence-electron chi connectivity index (χ3n) is 4.19. The molecule has 1 saturated carbocycles. The van der Waals surface area contributed by atoms with Crippen molar-refractivity contribution in [2.45, 2.75) is 51.5 Å². The topological polar surface area (TPSA) is 78.4 Å². The predicted molar refractivity (Wildman–Crippen MR) is 117 cm³/mol. The van der Waals surface area contributed by atoms with Crippen LogP contribution in [-0.2, 0) is 11.2 Å². The van der Waals surface area contributed by atoms with Crippen molar-refractivity contribution >= 4 is 47.4 Å². The van der Waals surface area contributed by atoms with Gasteiger partial charge in [0.1, 0.15) is 11.7 Å². The van der Waals surface area contributed by atoms with Crippen LogP contribution in [-0.4, -0.2) is 42.5 Å². The van der Waals surface area contributed by atoms with Gasteiger partial charge >= 0.3 is 0 Å². The van der Waals surface area contributed by atoms with Gasteiger partial charge in [0.25, 0.3) is 0 Å². The summed E-state index contributed by atoms with van der Waals surface area (Å²) in [7, 11) is 0. The number of carbonyl (C=O) groups excluding carboxylic acids is 1. The molecule has 1 aliphatic carbocycles. The second-order valence-electron chi connectivity index (χ2n) is 6.26. The fourth-order valence-electron chi connectivity index (χ4n) is 2.89. The summed E-state index contributed by atoms with van der Waals surface area (Å²) in [6, 6.07) is 4.06. The van der Waals surface area contributed by atoms with E-state index < -0.39 is 0 Å². The number of carbonyl (C=O) groups is 1. The summed E-state index contributed by atoms with van der Waals surface area (Å²) in [6.07, 6.45) is 8.44. The van der Waals surface area contributed by atoms with Crippen LogP contribution in [0.1, 0.15) is 44.6 Å². The Morgan fingerprint density at radius 3 is 2.69 bits per heavy atom. The number of pyridine rings is 1. The molecule has 0 spiro atoms. The average Bonchev–Trinajstić information content (AvgIpc) is 2.62. The number of nitrogens with zero attached hydrogens (tertiary/aromatic N) is 2. The molecule has 1 aromatic heterocycles. The van der Waals surface area contributed by atoms with Crippen LogP contribution in [0.5, 0.6) is 0 Å². The molecule has 1 amide bonds. The van der Waals surface area contributed by atoms with E-state index in [9.17, 15) is 4.79 Å². The molecule has 8 heteroatoms. The molecule has 1 aliphatic rings. The lowest BCUT2D eigenvalue weighted by atomic mass is 9.95. The molecular formula is C18H29ClIN5O. The molecular weight excluding hydrogens is 465 g/mol. The highest BCUT2D eigenvalue weighted by atomic mass is 127. The first-order valence-electron chi connectivity index (χ1n) is 9.09. The standard InChI is InChI=1S/C18H28ClN5O.HI/c1-2-20-18(21-11-10-14-8-9-16(19)22-12-14)23-13-17(25)24-15-6-4-3-5-7-15;/h8-9,12,15H,2-7,10-11,13H2,1H3,(H,24,25)(H2,20,21,23);1H. The van der Waals surface area contributed by atoms with E-state index in [4.69, 9.17) is 11.6 Å². The van der Waals surface area contributed by atoms with Gasteiger partial charge < -0.3 is 16.0 Å². The summed E-state index contributed by atoms with van der Waals surface area (Å²) in [5.41, 5.74) is 1.10. The Bertz CT molecular complexity index is 561. The fraction of sp³-hybridized carbons (Fsp3) is 0.611. The van der Waals surface area contributed by atoms with E-state index >= 15 is 0 Å². The second kappa shape index (κ2) is 13.1. The first-order valence-corrected chi connectivity index (χ1v) is 9.47. The van der Waals surface area contributed by atoms with E-state index in [0.29, 0.717) is 23.7 Å². The van der Waals surface area contributed by atoms with Gasteiger partial charge in [-0.1, -0.05) is 36.9 Å². The van der Waals surface area contributed by atoms with E-state index in [1.54, 1.807) is 12.3 Å². The Balaban J connectivity index is 0.00000338. The monoisotopic (exact) mass is 493 g/mol. The van der Waals surface area contributed by atoms with Crippen LogP contribution >= 0.6 is 35.6 Å². The number of nitrogens with one attached hydrogen (secondary N) is 3. The van der Waals surface area contributed by atoms with Crippen molar-refractivity contribution in [3.05, 3.63) is 29.0 Å². The zero-order chi connectivity index (χ0) is 17.9. The number of aliphatic imine (C=N–C) groups is 1. The normalized spacial score (nSPS) is 15.1. The molecule has 2 rings (SSSR count). The van der Waals surface area contributed by atoms with Crippen LogP contribution in [0, 0.1) is 0 Å². The maximum absolute atomic E-state index is 12.1. The molecule has 0 unspecified atom stereocenters. The van der Waals surface area contributed by atoms with Crippen LogP contribution in [0.2, 0.25) is 5.15 Å². The lowest BCUT2D eigenvalue weighted by molar-refractivity contribution is -0.120. The van der Waals surface area contributed by atoms with Gasteiger partial charge in [0.05, 0.1) is 0 Å². The van der Waals surface area contributed by atoms with Crippen molar-refractivity contribution in [1.29, 1.82) is 0 Å². The molecule has 6 nitrogen and oxygen atoms in total. The minimum absolute atomic E-state index is 0. The molecule has 0 aromatic carbocycles. The van der Waals surface area contributed by atoms with Gasteiger partial charge in [-0.05, 0) is 37.8 Å². The van der Waals surface area contributed by atoms with E-state index in [2.05, 4.69) is 25.9 Å². The van der Waals surface area contributed by atoms with Gasteiger partial charge in [0.2, 0.25) is 5.91 Å². The Kier molecular flexibility index (Phi) is 11.6. The predicted octanol–water partition coefficient (Wildman–Crippen LogP) is 2.90. The zero-order valence-corrected chi connectivity index (χ0v) is 18.3. The Morgan fingerprint density at radius 1 is 1.27 bits per heavy atom. The molecule has 1 fully saturated rings. The van der Waals surface area contributed by atoms with Crippen molar-refractivity contribution in [3.8, 4) is 0 Å².